The van der Waals surface area contributed by atoms with E-state index in [1.165, 1.54) is 0 Å². The molecule has 4 rings (SSSR count). The molecule has 0 bridgehead atoms. The number of benzene rings is 2. The van der Waals surface area contributed by atoms with Crippen molar-refractivity contribution in [3.05, 3.63) is 59.7 Å². The van der Waals surface area contributed by atoms with Crippen molar-refractivity contribution >= 4 is 22.3 Å². The minimum atomic E-state index is -4.84. The number of hydrogen-bond acceptors (Lipinski definition) is 6. The summed E-state index contributed by atoms with van der Waals surface area (Å²) < 4.78 is 53.4. The second kappa shape index (κ2) is 9.80. The van der Waals surface area contributed by atoms with Crippen LogP contribution in [0.4, 0.5) is 14.0 Å². The van der Waals surface area contributed by atoms with E-state index in [4.69, 9.17) is 9.84 Å². The number of alkyl carbamates (subject to hydrolysis) is 1. The lowest BCUT2D eigenvalue weighted by Crippen LogP contribution is -2.56. The van der Waals surface area contributed by atoms with Crippen molar-refractivity contribution in [2.45, 2.75) is 29.9 Å². The number of hydrogen-bond donors (Lipinski definition) is 4. The van der Waals surface area contributed by atoms with E-state index in [1.807, 2.05) is 53.8 Å². The van der Waals surface area contributed by atoms with Gasteiger partial charge < -0.3 is 14.7 Å². The van der Waals surface area contributed by atoms with Crippen molar-refractivity contribution in [3.63, 3.8) is 0 Å². The third kappa shape index (κ3) is 5.55. The van der Waals surface area contributed by atoms with Gasteiger partial charge in [0.1, 0.15) is 12.3 Å². The summed E-state index contributed by atoms with van der Waals surface area (Å²) in [6, 6.07) is 15.4. The Balaban J connectivity index is 1.36. The number of carboxylic acid groups (broad SMARTS) is 1. The second-order valence-electron chi connectivity index (χ2n) is 8.67. The van der Waals surface area contributed by atoms with Crippen LogP contribution in [0.25, 0.3) is 11.1 Å². The van der Waals surface area contributed by atoms with Crippen LogP contribution in [0.1, 0.15) is 29.9 Å². The highest BCUT2D eigenvalue weighted by atomic mass is 32.2. The zero-order valence-electron chi connectivity index (χ0n) is 18.7. The molecule has 2 amide bonds. The van der Waals surface area contributed by atoms with Gasteiger partial charge in [0.05, 0.1) is 0 Å². The summed E-state index contributed by atoms with van der Waals surface area (Å²) >= 11 is 0. The molecule has 1 atom stereocenters. The van der Waals surface area contributed by atoms with Gasteiger partial charge in [-0.25, -0.2) is 14.0 Å². The first-order valence-corrected chi connectivity index (χ1v) is 12.6. The highest BCUT2D eigenvalue weighted by molar-refractivity contribution is 7.86. The molecule has 4 N–H and O–H groups in total. The standard InChI is InChI=1S/C23H26FN3O7S/c24-23(9-11-27(12-10-23)22(29)30)14-25-20(35(31,32)33)26-21(28)34-13-19-17-7-3-1-5-15(17)16-6-2-4-8-18(16)19/h1-8,19-20,25H,9-14H2,(H,26,28)(H,29,30)(H,31,32,33). The van der Waals surface area contributed by atoms with Crippen molar-refractivity contribution in [3.8, 4) is 11.1 Å². The van der Waals surface area contributed by atoms with Gasteiger partial charge in [0, 0.05) is 38.4 Å². The van der Waals surface area contributed by atoms with E-state index < -0.39 is 40.0 Å². The summed E-state index contributed by atoms with van der Waals surface area (Å²) in [4.78, 5) is 24.5. The molecule has 1 aliphatic carbocycles. The van der Waals surface area contributed by atoms with Gasteiger partial charge in [-0.1, -0.05) is 48.5 Å². The third-order valence-corrected chi connectivity index (χ3v) is 7.31. The van der Waals surface area contributed by atoms with Gasteiger partial charge in [-0.15, -0.1) is 0 Å². The molecular formula is C23H26FN3O7S. The molecule has 1 heterocycles. The molecule has 1 unspecified atom stereocenters. The Morgan fingerprint density at radius 1 is 1.09 bits per heavy atom. The fraction of sp³-hybridized carbons (Fsp3) is 0.391. The van der Waals surface area contributed by atoms with Crippen molar-refractivity contribution in [1.29, 1.82) is 0 Å². The Morgan fingerprint density at radius 2 is 1.63 bits per heavy atom. The lowest BCUT2D eigenvalue weighted by atomic mass is 9.93. The summed E-state index contributed by atoms with van der Waals surface area (Å²) in [7, 11) is -4.84. The molecule has 0 aromatic heterocycles. The molecule has 10 nitrogen and oxygen atoms in total. The number of nitrogens with one attached hydrogen (secondary N) is 2. The van der Waals surface area contributed by atoms with Crippen molar-refractivity contribution in [2.24, 2.45) is 0 Å². The quantitative estimate of drug-likeness (QED) is 0.331. The number of rotatable bonds is 7. The Hall–Kier alpha value is -3.22. The van der Waals surface area contributed by atoms with Crippen LogP contribution in [0.5, 0.6) is 0 Å². The molecule has 35 heavy (non-hydrogen) atoms. The Morgan fingerprint density at radius 3 is 2.14 bits per heavy atom. The summed E-state index contributed by atoms with van der Waals surface area (Å²) in [5.41, 5.74) is 0.0884. The molecule has 2 aromatic rings. The minimum Gasteiger partial charge on any atom is -0.465 e. The van der Waals surface area contributed by atoms with Gasteiger partial charge in [-0.3, -0.25) is 15.2 Å². The molecule has 0 radical (unpaired) electrons. The molecule has 1 aliphatic heterocycles. The number of likely N-dealkylation sites (tertiary alicyclic amines) is 1. The van der Waals surface area contributed by atoms with Gasteiger partial charge in [0.15, 0.2) is 0 Å². The van der Waals surface area contributed by atoms with Gasteiger partial charge in [-0.2, -0.15) is 8.42 Å². The Labute approximate surface area is 201 Å². The lowest BCUT2D eigenvalue weighted by molar-refractivity contribution is 0.0553. The first-order chi connectivity index (χ1) is 16.6. The molecule has 12 heteroatoms. The number of halogens is 1. The number of fused-ring (bicyclic) bond motifs is 3. The SMILES string of the molecule is O=C(NC(NCC1(F)CCN(C(=O)O)CC1)S(=O)(=O)O)OCC1c2ccccc2-c2ccccc21. The number of carbonyl (C=O) groups excluding carboxylic acids is 1. The van der Waals surface area contributed by atoms with Gasteiger partial charge >= 0.3 is 22.3 Å². The molecule has 2 aromatic carbocycles. The van der Waals surface area contributed by atoms with E-state index >= 15 is 4.39 Å². The van der Waals surface area contributed by atoms with Crippen molar-refractivity contribution in [2.75, 3.05) is 26.2 Å². The Kier molecular flexibility index (Phi) is 6.97. The molecule has 1 fully saturated rings. The molecule has 0 saturated carbocycles. The molecular weight excluding hydrogens is 481 g/mol. The third-order valence-electron chi connectivity index (χ3n) is 6.42. The topological polar surface area (TPSA) is 145 Å². The van der Waals surface area contributed by atoms with Gasteiger partial charge in [0.25, 0.3) is 0 Å². The van der Waals surface area contributed by atoms with Crippen LogP contribution in [0.15, 0.2) is 48.5 Å². The van der Waals surface area contributed by atoms with Crippen molar-refractivity contribution in [1.82, 2.24) is 15.5 Å². The average molecular weight is 508 g/mol. The number of nitrogens with zero attached hydrogens (tertiary/aromatic N) is 1. The van der Waals surface area contributed by atoms with E-state index in [1.54, 1.807) is 0 Å². The molecule has 0 spiro atoms. The van der Waals surface area contributed by atoms with Crippen LogP contribution >= 0.6 is 0 Å². The minimum absolute atomic E-state index is 0.0517. The van der Waals surface area contributed by atoms with E-state index in [-0.39, 0.29) is 38.5 Å². The average Bonchev–Trinajstić information content (AvgIpc) is 3.14. The van der Waals surface area contributed by atoms with Crippen LogP contribution < -0.4 is 10.6 Å². The number of ether oxygens (including phenoxy) is 1. The van der Waals surface area contributed by atoms with E-state index in [0.29, 0.717) is 0 Å². The molecule has 1 saturated heterocycles. The van der Waals surface area contributed by atoms with Crippen LogP contribution in [0.2, 0.25) is 0 Å². The maximum atomic E-state index is 15.0. The number of alkyl halides is 1. The van der Waals surface area contributed by atoms with E-state index in [2.05, 4.69) is 5.32 Å². The number of amides is 2. The van der Waals surface area contributed by atoms with Crippen LogP contribution in [0, 0.1) is 0 Å². The monoisotopic (exact) mass is 507 g/mol. The molecule has 188 valence electrons. The van der Waals surface area contributed by atoms with E-state index in [9.17, 15) is 22.6 Å². The Bertz CT molecular complexity index is 1170. The zero-order valence-corrected chi connectivity index (χ0v) is 19.5. The largest absolute Gasteiger partial charge is 0.465 e. The summed E-state index contributed by atoms with van der Waals surface area (Å²) in [5.74, 6) is -0.251. The normalized spacial score (nSPS) is 17.8. The summed E-state index contributed by atoms with van der Waals surface area (Å²) in [5, 5.41) is 13.3. The first kappa shape index (κ1) is 24.9. The predicted octanol–water partition coefficient (Wildman–Crippen LogP) is 2.77. The predicted molar refractivity (Wildman–Crippen MR) is 124 cm³/mol. The zero-order chi connectivity index (χ0) is 25.2. The first-order valence-electron chi connectivity index (χ1n) is 11.1. The second-order valence-corrected chi connectivity index (χ2v) is 10.2. The van der Waals surface area contributed by atoms with Gasteiger partial charge in [0.2, 0.25) is 5.50 Å². The summed E-state index contributed by atoms with van der Waals surface area (Å²) in [6.45, 7) is -0.696. The van der Waals surface area contributed by atoms with Crippen LogP contribution in [-0.4, -0.2) is 72.6 Å². The highest BCUT2D eigenvalue weighted by Crippen LogP contribution is 2.44. The maximum Gasteiger partial charge on any atom is 0.409 e. The summed E-state index contributed by atoms with van der Waals surface area (Å²) in [6.07, 6.45) is -2.58. The lowest BCUT2D eigenvalue weighted by Gasteiger charge is -2.35. The number of piperidine rings is 1. The molecule has 2 aliphatic rings. The van der Waals surface area contributed by atoms with Crippen molar-refractivity contribution < 1.29 is 36.8 Å². The fourth-order valence-electron chi connectivity index (χ4n) is 4.53. The van der Waals surface area contributed by atoms with Crippen LogP contribution in [-0.2, 0) is 14.9 Å². The highest BCUT2D eigenvalue weighted by Gasteiger charge is 2.38. The fourth-order valence-corrected chi connectivity index (χ4v) is 5.07. The van der Waals surface area contributed by atoms with Gasteiger partial charge in [-0.05, 0) is 22.3 Å². The van der Waals surface area contributed by atoms with E-state index in [0.717, 1.165) is 27.2 Å². The maximum absolute atomic E-state index is 15.0. The smallest absolute Gasteiger partial charge is 0.409 e. The van der Waals surface area contributed by atoms with Crippen LogP contribution in [0.3, 0.4) is 0 Å². The number of carbonyl (C=O) groups is 2.